The van der Waals surface area contributed by atoms with E-state index in [-0.39, 0.29) is 12.1 Å². The Balaban J connectivity index is 1.82. The van der Waals surface area contributed by atoms with Gasteiger partial charge < -0.3 is 15.0 Å². The summed E-state index contributed by atoms with van der Waals surface area (Å²) in [5, 5.41) is 7.74. The highest BCUT2D eigenvalue weighted by Crippen LogP contribution is 2.20. The van der Waals surface area contributed by atoms with Crippen LogP contribution in [0.5, 0.6) is 0 Å². The van der Waals surface area contributed by atoms with Gasteiger partial charge in [-0.05, 0) is 46.6 Å². The lowest BCUT2D eigenvalue weighted by atomic mass is 9.98. The molecule has 1 aromatic rings. The first kappa shape index (κ1) is 16.8. The lowest BCUT2D eigenvalue weighted by molar-refractivity contribution is 0.00930. The molecule has 1 N–H and O–H groups in total. The van der Waals surface area contributed by atoms with Crippen molar-refractivity contribution in [2.24, 2.45) is 7.05 Å². The van der Waals surface area contributed by atoms with Crippen LogP contribution in [0.4, 0.5) is 4.79 Å². The summed E-state index contributed by atoms with van der Waals surface area (Å²) < 4.78 is 7.35. The van der Waals surface area contributed by atoms with Crippen molar-refractivity contribution in [1.82, 2.24) is 20.0 Å². The summed E-state index contributed by atoms with van der Waals surface area (Å²) in [6, 6.07) is 2.63. The van der Waals surface area contributed by atoms with Crippen LogP contribution in [0.2, 0.25) is 0 Å². The second-order valence-corrected chi connectivity index (χ2v) is 7.07. The molecule has 0 spiro atoms. The number of nitrogens with one attached hydrogen (secondary N) is 1. The third kappa shape index (κ3) is 4.47. The molecule has 0 bridgehead atoms. The van der Waals surface area contributed by atoms with E-state index in [0.29, 0.717) is 6.04 Å². The molecule has 1 aromatic heterocycles. The van der Waals surface area contributed by atoms with E-state index in [1.54, 1.807) is 0 Å². The third-order valence-electron chi connectivity index (χ3n) is 4.00. The molecule has 0 aromatic carbocycles. The average molecular weight is 308 g/mol. The van der Waals surface area contributed by atoms with E-state index in [0.717, 1.165) is 25.9 Å². The number of ether oxygens (including phenoxy) is 1. The molecule has 124 valence electrons. The molecule has 1 aliphatic heterocycles. The number of aryl methyl sites for hydroxylation is 1. The van der Waals surface area contributed by atoms with Gasteiger partial charge in [0.1, 0.15) is 5.60 Å². The summed E-state index contributed by atoms with van der Waals surface area (Å²) in [6.07, 6.45) is 3.49. The van der Waals surface area contributed by atoms with Crippen molar-refractivity contribution < 1.29 is 9.53 Å². The van der Waals surface area contributed by atoms with Gasteiger partial charge in [-0.2, -0.15) is 5.10 Å². The van der Waals surface area contributed by atoms with E-state index < -0.39 is 5.60 Å². The van der Waals surface area contributed by atoms with Gasteiger partial charge >= 0.3 is 6.09 Å². The predicted octanol–water partition coefficient (Wildman–Crippen LogP) is 2.30. The molecule has 6 nitrogen and oxygen atoms in total. The van der Waals surface area contributed by atoms with Crippen LogP contribution in [0, 0.1) is 0 Å². The molecule has 2 heterocycles. The van der Waals surface area contributed by atoms with Crippen molar-refractivity contribution >= 4 is 6.09 Å². The summed E-state index contributed by atoms with van der Waals surface area (Å²) in [7, 11) is 1.95. The minimum absolute atomic E-state index is 0.188. The fourth-order valence-corrected chi connectivity index (χ4v) is 2.77. The fraction of sp³-hybridized carbons (Fsp3) is 0.750. The number of hydrogen-bond acceptors (Lipinski definition) is 4. The molecule has 1 saturated heterocycles. The Morgan fingerprint density at radius 3 is 2.77 bits per heavy atom. The number of amides is 1. The molecule has 0 aliphatic carbocycles. The Morgan fingerprint density at radius 2 is 2.23 bits per heavy atom. The van der Waals surface area contributed by atoms with Gasteiger partial charge in [-0.25, -0.2) is 4.79 Å². The smallest absolute Gasteiger partial charge is 0.410 e. The maximum Gasteiger partial charge on any atom is 0.410 e. The van der Waals surface area contributed by atoms with E-state index in [1.807, 2.05) is 49.7 Å². The molecule has 0 radical (unpaired) electrons. The van der Waals surface area contributed by atoms with Crippen molar-refractivity contribution in [3.8, 4) is 0 Å². The number of likely N-dealkylation sites (tertiary alicyclic amines) is 1. The zero-order valence-electron chi connectivity index (χ0n) is 14.3. The van der Waals surface area contributed by atoms with Gasteiger partial charge in [-0.15, -0.1) is 0 Å². The van der Waals surface area contributed by atoms with Crippen LogP contribution >= 0.6 is 0 Å². The van der Waals surface area contributed by atoms with Gasteiger partial charge in [-0.1, -0.05) is 0 Å². The first-order chi connectivity index (χ1) is 10.3. The highest BCUT2D eigenvalue weighted by atomic mass is 16.6. The van der Waals surface area contributed by atoms with E-state index in [1.165, 1.54) is 5.69 Å². The van der Waals surface area contributed by atoms with E-state index >= 15 is 0 Å². The molecular weight excluding hydrogens is 280 g/mol. The molecule has 0 saturated carbocycles. The Morgan fingerprint density at radius 1 is 1.50 bits per heavy atom. The van der Waals surface area contributed by atoms with Gasteiger partial charge in [0.25, 0.3) is 0 Å². The van der Waals surface area contributed by atoms with Crippen molar-refractivity contribution in [2.45, 2.75) is 64.8 Å². The minimum atomic E-state index is -0.439. The monoisotopic (exact) mass is 308 g/mol. The first-order valence-corrected chi connectivity index (χ1v) is 7.96. The number of carbonyl (C=O) groups excluding carboxylic acids is 1. The number of aromatic nitrogens is 2. The van der Waals surface area contributed by atoms with Crippen molar-refractivity contribution in [3.05, 3.63) is 18.0 Å². The fourth-order valence-electron chi connectivity index (χ4n) is 2.77. The van der Waals surface area contributed by atoms with Gasteiger partial charge in [0, 0.05) is 38.4 Å². The quantitative estimate of drug-likeness (QED) is 0.931. The van der Waals surface area contributed by atoms with E-state index in [9.17, 15) is 4.79 Å². The maximum atomic E-state index is 12.2. The average Bonchev–Trinajstić information content (AvgIpc) is 2.80. The summed E-state index contributed by atoms with van der Waals surface area (Å²) in [4.78, 5) is 14.0. The van der Waals surface area contributed by atoms with Gasteiger partial charge in [0.05, 0.1) is 5.69 Å². The number of piperidine rings is 1. The second kappa shape index (κ2) is 6.69. The van der Waals surface area contributed by atoms with Crippen LogP contribution in [0.3, 0.4) is 0 Å². The van der Waals surface area contributed by atoms with E-state index in [4.69, 9.17) is 4.74 Å². The van der Waals surface area contributed by atoms with Crippen LogP contribution in [-0.2, 0) is 18.3 Å². The molecule has 6 heteroatoms. The zero-order chi connectivity index (χ0) is 16.3. The normalized spacial score (nSPS) is 22.7. The van der Waals surface area contributed by atoms with Crippen molar-refractivity contribution in [2.75, 3.05) is 6.54 Å². The SMILES string of the molecule is CC1CC(NCc2ccnn2C)CCN1C(=O)OC(C)(C)C. The summed E-state index contributed by atoms with van der Waals surface area (Å²) >= 11 is 0. The number of rotatable bonds is 3. The number of carbonyl (C=O) groups is 1. The van der Waals surface area contributed by atoms with Gasteiger partial charge in [-0.3, -0.25) is 4.68 Å². The molecule has 2 atom stereocenters. The summed E-state index contributed by atoms with van der Waals surface area (Å²) in [5.74, 6) is 0. The van der Waals surface area contributed by atoms with Gasteiger partial charge in [0.2, 0.25) is 0 Å². The molecule has 1 amide bonds. The third-order valence-corrected chi connectivity index (χ3v) is 4.00. The topological polar surface area (TPSA) is 59.4 Å². The van der Waals surface area contributed by atoms with Crippen LogP contribution in [0.25, 0.3) is 0 Å². The largest absolute Gasteiger partial charge is 0.444 e. The summed E-state index contributed by atoms with van der Waals surface area (Å²) in [6.45, 7) is 9.33. The maximum absolute atomic E-state index is 12.2. The van der Waals surface area contributed by atoms with Gasteiger partial charge in [0.15, 0.2) is 0 Å². The minimum Gasteiger partial charge on any atom is -0.444 e. The molecule has 1 fully saturated rings. The highest BCUT2D eigenvalue weighted by molar-refractivity contribution is 5.68. The lowest BCUT2D eigenvalue weighted by Crippen LogP contribution is -2.51. The van der Waals surface area contributed by atoms with Crippen LogP contribution in [-0.4, -0.2) is 45.0 Å². The Hall–Kier alpha value is -1.56. The predicted molar refractivity (Wildman–Crippen MR) is 85.5 cm³/mol. The lowest BCUT2D eigenvalue weighted by Gasteiger charge is -2.38. The van der Waals surface area contributed by atoms with Crippen LogP contribution in [0.15, 0.2) is 12.3 Å². The Labute approximate surface area is 132 Å². The Kier molecular flexibility index (Phi) is 5.11. The van der Waals surface area contributed by atoms with Crippen LogP contribution in [0.1, 0.15) is 46.2 Å². The highest BCUT2D eigenvalue weighted by Gasteiger charge is 2.31. The molecule has 2 unspecified atom stereocenters. The van der Waals surface area contributed by atoms with E-state index in [2.05, 4.69) is 17.3 Å². The Bertz CT molecular complexity index is 506. The van der Waals surface area contributed by atoms with Crippen LogP contribution < -0.4 is 5.32 Å². The molecule has 1 aliphatic rings. The summed E-state index contributed by atoms with van der Waals surface area (Å²) in [5.41, 5.74) is 0.730. The van der Waals surface area contributed by atoms with Crippen molar-refractivity contribution in [1.29, 1.82) is 0 Å². The molecular formula is C16H28N4O2. The number of nitrogens with zero attached hydrogens (tertiary/aromatic N) is 3. The molecule has 2 rings (SSSR count). The zero-order valence-corrected chi connectivity index (χ0v) is 14.3. The molecule has 22 heavy (non-hydrogen) atoms. The second-order valence-electron chi connectivity index (χ2n) is 7.07. The standard InChI is InChI=1S/C16H28N4O2/c1-12-10-13(17-11-14-6-8-18-19(14)5)7-9-20(12)15(21)22-16(2,3)4/h6,8,12-13,17H,7,9-11H2,1-5H3. The first-order valence-electron chi connectivity index (χ1n) is 7.96. The number of hydrogen-bond donors (Lipinski definition) is 1. The van der Waals surface area contributed by atoms with Crippen molar-refractivity contribution in [3.63, 3.8) is 0 Å².